The van der Waals surface area contributed by atoms with Gasteiger partial charge in [0.15, 0.2) is 0 Å². The quantitative estimate of drug-likeness (QED) is 0.528. The molecule has 140 valence electrons. The van der Waals surface area contributed by atoms with Crippen LogP contribution in [0.3, 0.4) is 0 Å². The van der Waals surface area contributed by atoms with Crippen molar-refractivity contribution < 1.29 is 9.47 Å². The van der Waals surface area contributed by atoms with Crippen LogP contribution in [-0.4, -0.2) is 18.2 Å². The number of hydrogen-bond acceptors (Lipinski definition) is 4. The van der Waals surface area contributed by atoms with Crippen molar-refractivity contribution >= 4 is 17.4 Å². The summed E-state index contributed by atoms with van der Waals surface area (Å²) in [7, 11) is 0. The van der Waals surface area contributed by atoms with Gasteiger partial charge >= 0.3 is 0 Å². The smallest absolute Gasteiger partial charge is 0.126 e. The van der Waals surface area contributed by atoms with Crippen LogP contribution in [0.5, 0.6) is 11.5 Å². The van der Waals surface area contributed by atoms with Crippen molar-refractivity contribution in [2.24, 2.45) is 0 Å². The molecule has 0 fully saturated rings. The second-order valence-corrected chi connectivity index (χ2v) is 6.78. The molecule has 2 aromatic carbocycles. The lowest BCUT2D eigenvalue weighted by atomic mass is 10.1. The number of nitrogens with one attached hydrogen (secondary N) is 1. The largest absolute Gasteiger partial charge is 0.490 e. The SMILES string of the molecule is Cc1cc(C)cc(OCCOc2ccc(Cl)cc2CNc2ccccn2)c1. The zero-order valence-corrected chi connectivity index (χ0v) is 16.3. The molecular weight excluding hydrogens is 360 g/mol. The number of pyridine rings is 1. The fourth-order valence-corrected chi connectivity index (χ4v) is 3.00. The first-order valence-electron chi connectivity index (χ1n) is 8.87. The molecule has 0 atom stereocenters. The Kier molecular flexibility index (Phi) is 6.55. The average molecular weight is 383 g/mol. The van der Waals surface area contributed by atoms with Gasteiger partial charge < -0.3 is 14.8 Å². The predicted molar refractivity (Wildman–Crippen MR) is 110 cm³/mol. The van der Waals surface area contributed by atoms with Gasteiger partial charge in [0.25, 0.3) is 0 Å². The Labute approximate surface area is 165 Å². The summed E-state index contributed by atoms with van der Waals surface area (Å²) in [5.74, 6) is 2.46. The first kappa shape index (κ1) is 19.1. The number of hydrogen-bond donors (Lipinski definition) is 1. The highest BCUT2D eigenvalue weighted by molar-refractivity contribution is 6.30. The molecule has 0 saturated carbocycles. The summed E-state index contributed by atoms with van der Waals surface area (Å²) in [6.45, 7) is 5.62. The van der Waals surface area contributed by atoms with Crippen molar-refractivity contribution in [3.8, 4) is 11.5 Å². The van der Waals surface area contributed by atoms with Gasteiger partial charge in [-0.15, -0.1) is 0 Å². The van der Waals surface area contributed by atoms with Crippen LogP contribution >= 0.6 is 11.6 Å². The molecule has 1 aromatic heterocycles. The van der Waals surface area contributed by atoms with Gasteiger partial charge in [-0.2, -0.15) is 0 Å². The van der Waals surface area contributed by atoms with Crippen LogP contribution in [-0.2, 0) is 6.54 Å². The van der Waals surface area contributed by atoms with E-state index in [4.69, 9.17) is 21.1 Å². The molecule has 5 heteroatoms. The summed E-state index contributed by atoms with van der Waals surface area (Å²) in [6, 6.07) is 17.5. The second kappa shape index (κ2) is 9.28. The number of aromatic nitrogens is 1. The van der Waals surface area contributed by atoms with Crippen molar-refractivity contribution in [3.63, 3.8) is 0 Å². The molecule has 27 heavy (non-hydrogen) atoms. The monoisotopic (exact) mass is 382 g/mol. The minimum absolute atomic E-state index is 0.450. The number of aryl methyl sites for hydroxylation is 2. The third-order valence-electron chi connectivity index (χ3n) is 3.95. The maximum Gasteiger partial charge on any atom is 0.126 e. The second-order valence-electron chi connectivity index (χ2n) is 6.34. The van der Waals surface area contributed by atoms with Crippen molar-refractivity contribution in [2.75, 3.05) is 18.5 Å². The maximum absolute atomic E-state index is 6.15. The highest BCUT2D eigenvalue weighted by Gasteiger charge is 2.06. The van der Waals surface area contributed by atoms with E-state index in [9.17, 15) is 0 Å². The Morgan fingerprint density at radius 2 is 1.70 bits per heavy atom. The molecule has 4 nitrogen and oxygen atoms in total. The molecule has 0 unspecified atom stereocenters. The Hall–Kier alpha value is -2.72. The van der Waals surface area contributed by atoms with E-state index in [0.717, 1.165) is 22.9 Å². The summed E-state index contributed by atoms with van der Waals surface area (Å²) in [5.41, 5.74) is 3.34. The normalized spacial score (nSPS) is 10.5. The van der Waals surface area contributed by atoms with Gasteiger partial charge in [0.05, 0.1) is 0 Å². The summed E-state index contributed by atoms with van der Waals surface area (Å²) in [4.78, 5) is 4.26. The number of nitrogens with zero attached hydrogens (tertiary/aromatic N) is 1. The lowest BCUT2D eigenvalue weighted by molar-refractivity contribution is 0.216. The van der Waals surface area contributed by atoms with Crippen LogP contribution in [0.15, 0.2) is 60.8 Å². The van der Waals surface area contributed by atoms with Gasteiger partial charge in [-0.3, -0.25) is 0 Å². The zero-order chi connectivity index (χ0) is 19.1. The van der Waals surface area contributed by atoms with E-state index in [-0.39, 0.29) is 0 Å². The van der Waals surface area contributed by atoms with Gasteiger partial charge in [0, 0.05) is 23.3 Å². The molecule has 1 N–H and O–H groups in total. The van der Waals surface area contributed by atoms with Crippen LogP contribution in [0.25, 0.3) is 0 Å². The molecule has 0 aliphatic rings. The highest BCUT2D eigenvalue weighted by Crippen LogP contribution is 2.24. The topological polar surface area (TPSA) is 43.4 Å². The minimum Gasteiger partial charge on any atom is -0.490 e. The molecule has 0 aliphatic heterocycles. The molecule has 0 amide bonds. The Morgan fingerprint density at radius 1 is 0.926 bits per heavy atom. The molecular formula is C22H23ClN2O2. The fourth-order valence-electron chi connectivity index (χ4n) is 2.81. The van der Waals surface area contributed by atoms with Gasteiger partial charge in [0.2, 0.25) is 0 Å². The minimum atomic E-state index is 0.450. The van der Waals surface area contributed by atoms with Crippen molar-refractivity contribution in [3.05, 3.63) is 82.5 Å². The molecule has 3 aromatic rings. The van der Waals surface area contributed by atoms with Gasteiger partial charge in [-0.1, -0.05) is 23.7 Å². The molecule has 0 saturated heterocycles. The Balaban J connectivity index is 1.56. The van der Waals surface area contributed by atoms with E-state index in [1.807, 2.05) is 48.5 Å². The highest BCUT2D eigenvalue weighted by atomic mass is 35.5. The van der Waals surface area contributed by atoms with E-state index in [2.05, 4.69) is 30.2 Å². The van der Waals surface area contributed by atoms with E-state index in [1.54, 1.807) is 6.20 Å². The Morgan fingerprint density at radius 3 is 2.44 bits per heavy atom. The number of rotatable bonds is 8. The van der Waals surface area contributed by atoms with Crippen molar-refractivity contribution in [1.82, 2.24) is 4.98 Å². The third kappa shape index (κ3) is 5.90. The first-order valence-corrected chi connectivity index (χ1v) is 9.25. The van der Waals surface area contributed by atoms with Crippen LogP contribution < -0.4 is 14.8 Å². The number of halogens is 1. The number of ether oxygens (including phenoxy) is 2. The summed E-state index contributed by atoms with van der Waals surface area (Å²) < 4.78 is 11.7. The lowest BCUT2D eigenvalue weighted by Crippen LogP contribution is -2.11. The third-order valence-corrected chi connectivity index (χ3v) is 4.19. The van der Waals surface area contributed by atoms with E-state index in [0.29, 0.717) is 24.8 Å². The van der Waals surface area contributed by atoms with E-state index < -0.39 is 0 Å². The van der Waals surface area contributed by atoms with E-state index >= 15 is 0 Å². The standard InChI is InChI=1S/C22H23ClN2O2/c1-16-11-17(2)13-20(12-16)26-9-10-27-21-7-6-19(23)14-18(21)15-25-22-5-3-4-8-24-22/h3-8,11-14H,9-10,15H2,1-2H3,(H,24,25). The van der Waals surface area contributed by atoms with Crippen LogP contribution in [0.1, 0.15) is 16.7 Å². The van der Waals surface area contributed by atoms with Crippen molar-refractivity contribution in [1.29, 1.82) is 0 Å². The summed E-state index contributed by atoms with van der Waals surface area (Å²) in [5, 5.41) is 3.95. The lowest BCUT2D eigenvalue weighted by Gasteiger charge is -2.14. The molecule has 3 rings (SSSR count). The number of benzene rings is 2. The average Bonchev–Trinajstić information content (AvgIpc) is 2.65. The summed E-state index contributed by atoms with van der Waals surface area (Å²) in [6.07, 6.45) is 1.75. The van der Waals surface area contributed by atoms with Crippen molar-refractivity contribution in [2.45, 2.75) is 20.4 Å². The molecule has 0 spiro atoms. The maximum atomic E-state index is 6.15. The Bertz CT molecular complexity index is 864. The molecule has 0 radical (unpaired) electrons. The predicted octanol–water partition coefficient (Wildman–Crippen LogP) is 5.42. The van der Waals surface area contributed by atoms with Crippen LogP contribution in [0.2, 0.25) is 5.02 Å². The number of anilines is 1. The van der Waals surface area contributed by atoms with Crippen LogP contribution in [0, 0.1) is 13.8 Å². The zero-order valence-electron chi connectivity index (χ0n) is 15.5. The van der Waals surface area contributed by atoms with Gasteiger partial charge in [-0.05, 0) is 67.4 Å². The van der Waals surface area contributed by atoms with E-state index in [1.165, 1.54) is 11.1 Å². The van der Waals surface area contributed by atoms with Gasteiger partial charge in [0.1, 0.15) is 30.5 Å². The molecule has 1 heterocycles. The molecule has 0 bridgehead atoms. The first-order chi connectivity index (χ1) is 13.1. The van der Waals surface area contributed by atoms with Crippen LogP contribution in [0.4, 0.5) is 5.82 Å². The summed E-state index contributed by atoms with van der Waals surface area (Å²) >= 11 is 6.15. The fraction of sp³-hybridized carbons (Fsp3) is 0.227. The van der Waals surface area contributed by atoms with Gasteiger partial charge in [-0.25, -0.2) is 4.98 Å². The molecule has 0 aliphatic carbocycles.